The van der Waals surface area contributed by atoms with Crippen LogP contribution in [-0.4, -0.2) is 40.5 Å². The van der Waals surface area contributed by atoms with Gasteiger partial charge in [-0.1, -0.05) is 23.7 Å². The molecule has 0 saturated carbocycles. The molecular weight excluding hydrogens is 280 g/mol. The van der Waals surface area contributed by atoms with Gasteiger partial charge in [0.1, 0.15) is 6.04 Å². The molecule has 20 heavy (non-hydrogen) atoms. The molecule has 3 N–H and O–H groups in total. The molecule has 2 atom stereocenters. The largest absolute Gasteiger partial charge is 0.480 e. The maximum Gasteiger partial charge on any atom is 0.326 e. The summed E-state index contributed by atoms with van der Waals surface area (Å²) in [7, 11) is 0. The number of carboxylic acids is 1. The van der Waals surface area contributed by atoms with Crippen LogP contribution >= 0.6 is 11.6 Å². The summed E-state index contributed by atoms with van der Waals surface area (Å²) in [5.74, 6) is -1.26. The summed E-state index contributed by atoms with van der Waals surface area (Å²) >= 11 is 5.80. The lowest BCUT2D eigenvalue weighted by Crippen LogP contribution is -2.49. The molecule has 0 aliphatic carbocycles. The van der Waals surface area contributed by atoms with E-state index in [1.165, 1.54) is 4.90 Å². The van der Waals surface area contributed by atoms with Crippen molar-refractivity contribution in [3.8, 4) is 0 Å². The fourth-order valence-electron chi connectivity index (χ4n) is 2.46. The molecule has 0 radical (unpaired) electrons. The van der Waals surface area contributed by atoms with Crippen LogP contribution in [0.2, 0.25) is 5.02 Å². The van der Waals surface area contributed by atoms with Crippen molar-refractivity contribution in [1.29, 1.82) is 0 Å². The number of amides is 1. The quantitative estimate of drug-likeness (QED) is 0.877. The fraction of sp³-hybridized carbons (Fsp3) is 0.429. The lowest BCUT2D eigenvalue weighted by Gasteiger charge is -2.24. The van der Waals surface area contributed by atoms with Crippen LogP contribution in [0.3, 0.4) is 0 Å². The molecule has 1 saturated heterocycles. The Bertz CT molecular complexity index is 504. The molecule has 0 unspecified atom stereocenters. The third kappa shape index (κ3) is 3.29. The highest BCUT2D eigenvalue weighted by molar-refractivity contribution is 6.30. The Hall–Kier alpha value is -1.59. The number of nitrogens with zero attached hydrogens (tertiary/aromatic N) is 1. The first-order valence-corrected chi connectivity index (χ1v) is 6.90. The topological polar surface area (TPSA) is 83.6 Å². The van der Waals surface area contributed by atoms with Crippen LogP contribution in [0.25, 0.3) is 0 Å². The first-order valence-electron chi connectivity index (χ1n) is 6.52. The summed E-state index contributed by atoms with van der Waals surface area (Å²) in [6, 6.07) is 5.64. The number of likely N-dealkylation sites (tertiary alicyclic amines) is 1. The second-order valence-corrected chi connectivity index (χ2v) is 5.40. The van der Waals surface area contributed by atoms with Gasteiger partial charge in [0.25, 0.3) is 0 Å². The summed E-state index contributed by atoms with van der Waals surface area (Å²) in [6.07, 6.45) is 1.57. The van der Waals surface area contributed by atoms with Gasteiger partial charge in [-0.2, -0.15) is 0 Å². The Kier molecular flexibility index (Phi) is 4.62. The second kappa shape index (κ2) is 6.24. The van der Waals surface area contributed by atoms with Crippen LogP contribution in [0.15, 0.2) is 24.3 Å². The molecule has 1 aromatic carbocycles. The highest BCUT2D eigenvalue weighted by atomic mass is 35.5. The number of carbonyl (C=O) groups excluding carboxylic acids is 1. The van der Waals surface area contributed by atoms with Crippen molar-refractivity contribution in [3.63, 3.8) is 0 Å². The van der Waals surface area contributed by atoms with Crippen LogP contribution in [0, 0.1) is 0 Å². The first-order chi connectivity index (χ1) is 9.49. The molecule has 108 valence electrons. The zero-order valence-corrected chi connectivity index (χ0v) is 11.7. The average Bonchev–Trinajstić information content (AvgIpc) is 2.90. The molecule has 1 amide bonds. The maximum absolute atomic E-state index is 12.2. The van der Waals surface area contributed by atoms with E-state index in [2.05, 4.69) is 0 Å². The number of carbonyl (C=O) groups is 2. The molecule has 1 fully saturated rings. The van der Waals surface area contributed by atoms with E-state index in [0.29, 0.717) is 30.8 Å². The maximum atomic E-state index is 12.2. The Labute approximate surface area is 122 Å². The Morgan fingerprint density at radius 2 is 2.05 bits per heavy atom. The van der Waals surface area contributed by atoms with Crippen LogP contribution in [0.4, 0.5) is 0 Å². The number of benzene rings is 1. The predicted molar refractivity (Wildman–Crippen MR) is 75.5 cm³/mol. The van der Waals surface area contributed by atoms with Crippen molar-refractivity contribution < 1.29 is 14.7 Å². The third-order valence-electron chi connectivity index (χ3n) is 3.51. The number of rotatable bonds is 4. The fourth-order valence-corrected chi connectivity index (χ4v) is 2.59. The summed E-state index contributed by atoms with van der Waals surface area (Å²) in [6.45, 7) is 0.462. The second-order valence-electron chi connectivity index (χ2n) is 4.96. The average molecular weight is 297 g/mol. The molecule has 1 aliphatic heterocycles. The van der Waals surface area contributed by atoms with Gasteiger partial charge in [-0.05, 0) is 37.0 Å². The summed E-state index contributed by atoms with van der Waals surface area (Å²) in [5, 5.41) is 9.71. The number of nitrogens with two attached hydrogens (primary N) is 1. The minimum atomic E-state index is -0.963. The number of hydrogen-bond donors (Lipinski definition) is 2. The molecule has 0 aromatic heterocycles. The summed E-state index contributed by atoms with van der Waals surface area (Å²) in [5.41, 5.74) is 6.82. The van der Waals surface area contributed by atoms with Gasteiger partial charge in [0.15, 0.2) is 0 Å². The van der Waals surface area contributed by atoms with Crippen molar-refractivity contribution in [3.05, 3.63) is 34.9 Å². The monoisotopic (exact) mass is 296 g/mol. The summed E-state index contributed by atoms with van der Waals surface area (Å²) < 4.78 is 0. The predicted octanol–water partition coefficient (Wildman–Crippen LogP) is 1.29. The molecule has 2 rings (SSSR count). The summed E-state index contributed by atoms with van der Waals surface area (Å²) in [4.78, 5) is 24.7. The molecule has 5 nitrogen and oxygen atoms in total. The molecule has 0 bridgehead atoms. The van der Waals surface area contributed by atoms with E-state index < -0.39 is 18.1 Å². The highest BCUT2D eigenvalue weighted by Gasteiger charge is 2.35. The van der Waals surface area contributed by atoms with Gasteiger partial charge in [-0.25, -0.2) is 4.79 Å². The van der Waals surface area contributed by atoms with Crippen LogP contribution in [0.1, 0.15) is 18.4 Å². The standard InChI is InChI=1S/C14H17ClN2O3/c15-10-5-3-9(4-6-10)8-11(16)13(18)17-7-1-2-12(17)14(19)20/h3-6,11-12H,1-2,7-8,16H2,(H,19,20)/t11-,12+/m1/s1. The van der Waals surface area contributed by atoms with Crippen molar-refractivity contribution in [2.24, 2.45) is 5.73 Å². The number of aliphatic carboxylic acids is 1. The van der Waals surface area contributed by atoms with Gasteiger partial charge in [0.05, 0.1) is 6.04 Å². The normalized spacial score (nSPS) is 19.9. The molecule has 1 aliphatic rings. The van der Waals surface area contributed by atoms with Gasteiger partial charge in [-0.15, -0.1) is 0 Å². The van der Waals surface area contributed by atoms with E-state index in [9.17, 15) is 9.59 Å². The van der Waals surface area contributed by atoms with Gasteiger partial charge in [0.2, 0.25) is 5.91 Å². The molecular formula is C14H17ClN2O3. The third-order valence-corrected chi connectivity index (χ3v) is 3.76. The van der Waals surface area contributed by atoms with Crippen molar-refractivity contribution in [1.82, 2.24) is 4.90 Å². The van der Waals surface area contributed by atoms with Crippen LogP contribution in [0.5, 0.6) is 0 Å². The molecule has 0 spiro atoms. The minimum Gasteiger partial charge on any atom is -0.480 e. The van der Waals surface area contributed by atoms with Gasteiger partial charge < -0.3 is 15.7 Å². The molecule has 1 aromatic rings. The van der Waals surface area contributed by atoms with Crippen LogP contribution in [-0.2, 0) is 16.0 Å². The number of carboxylic acid groups (broad SMARTS) is 1. The van der Waals surface area contributed by atoms with Gasteiger partial charge in [-0.3, -0.25) is 4.79 Å². The SMILES string of the molecule is N[C@H](Cc1ccc(Cl)cc1)C(=O)N1CCC[C@H]1C(=O)O. The molecule has 6 heteroatoms. The van der Waals surface area contributed by atoms with E-state index >= 15 is 0 Å². The Morgan fingerprint density at radius 1 is 1.40 bits per heavy atom. The Balaban J connectivity index is 2.01. The lowest BCUT2D eigenvalue weighted by atomic mass is 10.1. The van der Waals surface area contributed by atoms with Crippen molar-refractivity contribution >= 4 is 23.5 Å². The van der Waals surface area contributed by atoms with Crippen molar-refractivity contribution in [2.45, 2.75) is 31.3 Å². The van der Waals surface area contributed by atoms with Crippen LogP contribution < -0.4 is 5.73 Å². The minimum absolute atomic E-state index is 0.301. The van der Waals surface area contributed by atoms with E-state index in [4.69, 9.17) is 22.4 Å². The smallest absolute Gasteiger partial charge is 0.326 e. The number of halogens is 1. The van der Waals surface area contributed by atoms with E-state index in [-0.39, 0.29) is 5.91 Å². The first kappa shape index (κ1) is 14.8. The Morgan fingerprint density at radius 3 is 2.65 bits per heavy atom. The lowest BCUT2D eigenvalue weighted by molar-refractivity contribution is -0.148. The number of hydrogen-bond acceptors (Lipinski definition) is 3. The molecule has 1 heterocycles. The van der Waals surface area contributed by atoms with E-state index in [1.807, 2.05) is 12.1 Å². The zero-order chi connectivity index (χ0) is 14.7. The zero-order valence-electron chi connectivity index (χ0n) is 11.0. The van der Waals surface area contributed by atoms with Gasteiger partial charge in [0, 0.05) is 11.6 Å². The highest BCUT2D eigenvalue weighted by Crippen LogP contribution is 2.19. The van der Waals surface area contributed by atoms with E-state index in [1.54, 1.807) is 12.1 Å². The van der Waals surface area contributed by atoms with Gasteiger partial charge >= 0.3 is 5.97 Å². The van der Waals surface area contributed by atoms with Crippen molar-refractivity contribution in [2.75, 3.05) is 6.54 Å². The van der Waals surface area contributed by atoms with E-state index in [0.717, 1.165) is 5.56 Å².